The molecule has 178 valence electrons. The van der Waals surface area contributed by atoms with E-state index in [4.69, 9.17) is 12.2 Å². The van der Waals surface area contributed by atoms with Crippen LogP contribution in [-0.4, -0.2) is 37.6 Å². The molecule has 2 N–H and O–H groups in total. The van der Waals surface area contributed by atoms with Crippen LogP contribution in [0.15, 0.2) is 85.2 Å². The number of nitrogens with one attached hydrogen (secondary N) is 2. The second kappa shape index (κ2) is 10.3. The largest absolute Gasteiger partial charge is 0.385 e. The van der Waals surface area contributed by atoms with Crippen molar-refractivity contribution in [3.05, 3.63) is 108 Å². The van der Waals surface area contributed by atoms with Gasteiger partial charge in [-0.3, -0.25) is 4.98 Å². The summed E-state index contributed by atoms with van der Waals surface area (Å²) in [6.07, 6.45) is 4.64. The molecule has 0 bridgehead atoms. The molecule has 5 rings (SSSR count). The first-order valence-electron chi connectivity index (χ1n) is 12.0. The average Bonchev–Trinajstić information content (AvgIpc) is 3.38. The molecule has 7 heteroatoms. The van der Waals surface area contributed by atoms with Crippen molar-refractivity contribution in [2.75, 3.05) is 18.4 Å². The lowest BCUT2D eigenvalue weighted by molar-refractivity contribution is 0.315. The summed E-state index contributed by atoms with van der Waals surface area (Å²) in [5.41, 5.74) is 5.70. The van der Waals surface area contributed by atoms with E-state index in [1.165, 1.54) is 11.3 Å². The minimum absolute atomic E-state index is 0.0246. The summed E-state index contributed by atoms with van der Waals surface area (Å²) in [7, 11) is 0. The molecule has 0 spiro atoms. The molecule has 0 saturated carbocycles. The summed E-state index contributed by atoms with van der Waals surface area (Å²) in [5, 5.41) is 7.86. The van der Waals surface area contributed by atoms with Crippen LogP contribution in [0.4, 0.5) is 5.69 Å². The van der Waals surface area contributed by atoms with Gasteiger partial charge in [-0.05, 0) is 80.5 Å². The Bertz CT molecular complexity index is 1270. The quantitative estimate of drug-likeness (QED) is 0.261. The molecule has 2 atom stereocenters. The fourth-order valence-corrected chi connectivity index (χ4v) is 5.28. The molecule has 1 aromatic carbocycles. The maximum absolute atomic E-state index is 5.86. The lowest BCUT2D eigenvalue weighted by Gasteiger charge is -2.28. The topological polar surface area (TPSA) is 58.0 Å². The summed E-state index contributed by atoms with van der Waals surface area (Å²) >= 11 is 5.86. The smallest absolute Gasteiger partial charge is 0.170 e. The van der Waals surface area contributed by atoms with E-state index in [1.807, 2.05) is 60.9 Å². The molecule has 0 amide bonds. The number of pyridine rings is 2. The highest BCUT2D eigenvalue weighted by atomic mass is 32.1. The average molecular weight is 483 g/mol. The Balaban J connectivity index is 1.45. The van der Waals surface area contributed by atoms with Gasteiger partial charge in [0.1, 0.15) is 5.82 Å². The number of benzene rings is 1. The number of nitrogens with zero attached hydrogens (tertiary/aromatic N) is 4. The summed E-state index contributed by atoms with van der Waals surface area (Å²) in [6.45, 7) is 6.02. The van der Waals surface area contributed by atoms with Gasteiger partial charge in [-0.25, -0.2) is 4.98 Å². The number of anilines is 1. The number of thiocarbonyl (C=S) groups is 1. The van der Waals surface area contributed by atoms with Crippen LogP contribution in [-0.2, 0) is 0 Å². The van der Waals surface area contributed by atoms with Gasteiger partial charge in [-0.2, -0.15) is 0 Å². The standard InChI is InChI=1S/C28H30N6S/c1-20-19-23(21(2)34(20)25-14-7-9-16-31-25)27-26(24-13-6-8-15-30-24)32-28(35)33(27)18-10-17-29-22-11-4-3-5-12-22/h3-9,11-16,19,26-27,29H,10,17-18H2,1-2H3,(H,32,35)/t26-,27+/m0/s1. The first-order valence-corrected chi connectivity index (χ1v) is 12.4. The molecule has 1 aliphatic rings. The van der Waals surface area contributed by atoms with Crippen molar-refractivity contribution >= 4 is 23.0 Å². The van der Waals surface area contributed by atoms with E-state index in [2.05, 4.69) is 68.2 Å². The van der Waals surface area contributed by atoms with Gasteiger partial charge >= 0.3 is 0 Å². The van der Waals surface area contributed by atoms with Crippen LogP contribution in [0.2, 0.25) is 0 Å². The van der Waals surface area contributed by atoms with Crippen LogP contribution in [0.1, 0.15) is 41.1 Å². The molecule has 0 unspecified atom stereocenters. The van der Waals surface area contributed by atoms with Crippen LogP contribution >= 0.6 is 12.2 Å². The highest BCUT2D eigenvalue weighted by Crippen LogP contribution is 2.41. The number of aromatic nitrogens is 3. The fourth-order valence-electron chi connectivity index (χ4n) is 4.95. The highest BCUT2D eigenvalue weighted by Gasteiger charge is 2.41. The third-order valence-corrected chi connectivity index (χ3v) is 6.90. The summed E-state index contributed by atoms with van der Waals surface area (Å²) < 4.78 is 2.22. The molecule has 6 nitrogen and oxygen atoms in total. The third-order valence-electron chi connectivity index (χ3n) is 6.54. The lowest BCUT2D eigenvalue weighted by Crippen LogP contribution is -2.31. The predicted molar refractivity (Wildman–Crippen MR) is 145 cm³/mol. The van der Waals surface area contributed by atoms with Crippen LogP contribution in [0, 0.1) is 13.8 Å². The molecule has 4 heterocycles. The van der Waals surface area contributed by atoms with Crippen molar-refractivity contribution in [3.63, 3.8) is 0 Å². The van der Waals surface area contributed by atoms with Gasteiger partial charge in [0.15, 0.2) is 5.11 Å². The van der Waals surface area contributed by atoms with E-state index < -0.39 is 0 Å². The molecule has 1 saturated heterocycles. The van der Waals surface area contributed by atoms with Crippen LogP contribution < -0.4 is 10.6 Å². The predicted octanol–water partition coefficient (Wildman–Crippen LogP) is 5.36. The lowest BCUT2D eigenvalue weighted by atomic mass is 9.96. The number of rotatable bonds is 8. The Kier molecular flexibility index (Phi) is 6.77. The van der Waals surface area contributed by atoms with Gasteiger partial charge in [0, 0.05) is 42.6 Å². The van der Waals surface area contributed by atoms with E-state index in [0.717, 1.165) is 47.5 Å². The first kappa shape index (κ1) is 23.1. The molecule has 3 aromatic heterocycles. The van der Waals surface area contributed by atoms with Crippen molar-refractivity contribution in [1.29, 1.82) is 0 Å². The minimum Gasteiger partial charge on any atom is -0.385 e. The molecule has 1 fully saturated rings. The summed E-state index contributed by atoms with van der Waals surface area (Å²) in [4.78, 5) is 11.6. The van der Waals surface area contributed by atoms with Gasteiger partial charge in [-0.1, -0.05) is 30.3 Å². The SMILES string of the molecule is Cc1cc([C@@H]2[C@H](c3ccccn3)NC(=S)N2CCCNc2ccccc2)c(C)n1-c1ccccn1. The first-order chi connectivity index (χ1) is 17.1. The maximum atomic E-state index is 5.86. The van der Waals surface area contributed by atoms with E-state index in [-0.39, 0.29) is 12.1 Å². The molecule has 35 heavy (non-hydrogen) atoms. The molecule has 4 aromatic rings. The fraction of sp³-hybridized carbons (Fsp3) is 0.250. The van der Waals surface area contributed by atoms with Crippen molar-refractivity contribution in [2.45, 2.75) is 32.4 Å². The number of hydrogen-bond donors (Lipinski definition) is 2. The second-order valence-electron chi connectivity index (χ2n) is 8.82. The summed E-state index contributed by atoms with van der Waals surface area (Å²) in [6, 6.07) is 24.7. The van der Waals surface area contributed by atoms with Gasteiger partial charge in [0.25, 0.3) is 0 Å². The van der Waals surface area contributed by atoms with E-state index in [0.29, 0.717) is 0 Å². The third kappa shape index (κ3) is 4.77. The normalized spacial score (nSPS) is 17.4. The molecule has 0 radical (unpaired) electrons. The van der Waals surface area contributed by atoms with Crippen LogP contribution in [0.5, 0.6) is 0 Å². The number of para-hydroxylation sites is 1. The zero-order chi connectivity index (χ0) is 24.2. The molecule has 1 aliphatic heterocycles. The van der Waals surface area contributed by atoms with Gasteiger partial charge in [-0.15, -0.1) is 0 Å². The molecular formula is C28H30N6S. The Labute approximate surface area is 212 Å². The monoisotopic (exact) mass is 482 g/mol. The maximum Gasteiger partial charge on any atom is 0.170 e. The zero-order valence-electron chi connectivity index (χ0n) is 20.1. The van der Waals surface area contributed by atoms with Crippen LogP contribution in [0.3, 0.4) is 0 Å². The number of aryl methyl sites for hydroxylation is 1. The summed E-state index contributed by atoms with van der Waals surface area (Å²) in [5.74, 6) is 0.926. The Morgan fingerprint density at radius 1 is 0.943 bits per heavy atom. The highest BCUT2D eigenvalue weighted by molar-refractivity contribution is 7.80. The Morgan fingerprint density at radius 3 is 2.40 bits per heavy atom. The number of hydrogen-bond acceptors (Lipinski definition) is 4. The van der Waals surface area contributed by atoms with Crippen molar-refractivity contribution in [1.82, 2.24) is 24.8 Å². The Hall–Kier alpha value is -3.71. The van der Waals surface area contributed by atoms with Gasteiger partial charge in [0.2, 0.25) is 0 Å². The van der Waals surface area contributed by atoms with E-state index in [1.54, 1.807) is 0 Å². The van der Waals surface area contributed by atoms with Crippen molar-refractivity contribution < 1.29 is 0 Å². The van der Waals surface area contributed by atoms with Crippen molar-refractivity contribution in [2.24, 2.45) is 0 Å². The zero-order valence-corrected chi connectivity index (χ0v) is 20.9. The minimum atomic E-state index is -0.0246. The van der Waals surface area contributed by atoms with Gasteiger partial charge < -0.3 is 20.1 Å². The van der Waals surface area contributed by atoms with Crippen LogP contribution in [0.25, 0.3) is 5.82 Å². The second-order valence-corrected chi connectivity index (χ2v) is 9.20. The van der Waals surface area contributed by atoms with Gasteiger partial charge in [0.05, 0.1) is 17.8 Å². The van der Waals surface area contributed by atoms with Crippen molar-refractivity contribution in [3.8, 4) is 5.82 Å². The van der Waals surface area contributed by atoms with E-state index in [9.17, 15) is 0 Å². The van der Waals surface area contributed by atoms with E-state index >= 15 is 0 Å². The Morgan fingerprint density at radius 2 is 1.69 bits per heavy atom. The molecule has 0 aliphatic carbocycles. The molecular weight excluding hydrogens is 452 g/mol.